The van der Waals surface area contributed by atoms with E-state index in [4.69, 9.17) is 5.73 Å². The number of carbonyl (C=O) groups is 1. The zero-order chi connectivity index (χ0) is 12.0. The van der Waals surface area contributed by atoms with E-state index >= 15 is 0 Å². The van der Waals surface area contributed by atoms with Crippen molar-refractivity contribution in [3.63, 3.8) is 0 Å². The van der Waals surface area contributed by atoms with Gasteiger partial charge in [0.15, 0.2) is 0 Å². The van der Waals surface area contributed by atoms with Crippen LogP contribution in [-0.4, -0.2) is 19.0 Å². The summed E-state index contributed by atoms with van der Waals surface area (Å²) in [5.41, 5.74) is 8.47. The lowest BCUT2D eigenvalue weighted by Gasteiger charge is -1.99. The number of hydrogen-bond donors (Lipinski definition) is 2. The van der Waals surface area contributed by atoms with Crippen LogP contribution in [0.5, 0.6) is 0 Å². The first-order valence-electron chi connectivity index (χ1n) is 5.16. The van der Waals surface area contributed by atoms with E-state index in [0.717, 1.165) is 11.1 Å². The van der Waals surface area contributed by atoms with Crippen LogP contribution in [0.25, 0.3) is 0 Å². The molecule has 0 spiro atoms. The second-order valence-corrected chi connectivity index (χ2v) is 3.60. The minimum Gasteiger partial charge on any atom is -0.344 e. The van der Waals surface area contributed by atoms with Crippen LogP contribution in [0.3, 0.4) is 0 Å². The number of rotatable bonds is 2. The van der Waals surface area contributed by atoms with E-state index in [1.165, 1.54) is 5.56 Å². The van der Waals surface area contributed by atoms with Crippen LogP contribution in [0, 0.1) is 25.7 Å². The lowest BCUT2D eigenvalue weighted by molar-refractivity contribution is -0.119. The molecule has 0 aliphatic rings. The highest BCUT2D eigenvalue weighted by molar-refractivity contribution is 5.77. The molecular formula is C13H16N2O. The largest absolute Gasteiger partial charge is 0.344 e. The number of aryl methyl sites for hydroxylation is 2. The molecule has 1 aromatic carbocycles. The molecule has 0 aliphatic heterocycles. The van der Waals surface area contributed by atoms with E-state index in [1.54, 1.807) is 0 Å². The molecule has 84 valence electrons. The van der Waals surface area contributed by atoms with Crippen molar-refractivity contribution in [3.05, 3.63) is 34.9 Å². The van der Waals surface area contributed by atoms with Gasteiger partial charge in [0.1, 0.15) is 0 Å². The van der Waals surface area contributed by atoms with Crippen LogP contribution in [0.2, 0.25) is 0 Å². The second-order valence-electron chi connectivity index (χ2n) is 3.60. The Labute approximate surface area is 96.0 Å². The number of carbonyl (C=O) groups excluding carboxylic acids is 1. The summed E-state index contributed by atoms with van der Waals surface area (Å²) < 4.78 is 0. The van der Waals surface area contributed by atoms with Crippen LogP contribution in [0.4, 0.5) is 0 Å². The number of benzene rings is 1. The van der Waals surface area contributed by atoms with E-state index in [-0.39, 0.29) is 12.5 Å². The Morgan fingerprint density at radius 3 is 2.88 bits per heavy atom. The van der Waals surface area contributed by atoms with Gasteiger partial charge < -0.3 is 11.1 Å². The van der Waals surface area contributed by atoms with Gasteiger partial charge in [-0.2, -0.15) is 0 Å². The molecular weight excluding hydrogens is 200 g/mol. The third kappa shape index (κ3) is 3.76. The average Bonchev–Trinajstić information content (AvgIpc) is 2.28. The summed E-state index contributed by atoms with van der Waals surface area (Å²) in [6.07, 6.45) is 0. The monoisotopic (exact) mass is 216 g/mol. The van der Waals surface area contributed by atoms with Gasteiger partial charge >= 0.3 is 0 Å². The topological polar surface area (TPSA) is 55.1 Å². The van der Waals surface area contributed by atoms with Crippen molar-refractivity contribution in [2.24, 2.45) is 5.73 Å². The minimum atomic E-state index is -0.185. The summed E-state index contributed by atoms with van der Waals surface area (Å²) in [5, 5.41) is 2.60. The molecule has 1 amide bonds. The fraction of sp³-hybridized carbons (Fsp3) is 0.308. The first-order chi connectivity index (χ1) is 7.63. The predicted octanol–water partition coefficient (Wildman–Crippen LogP) is 0.730. The van der Waals surface area contributed by atoms with E-state index in [0.29, 0.717) is 6.54 Å². The molecule has 0 heterocycles. The highest BCUT2D eigenvalue weighted by atomic mass is 16.1. The maximum atomic E-state index is 10.8. The number of amides is 1. The third-order valence-electron chi connectivity index (χ3n) is 2.18. The highest BCUT2D eigenvalue weighted by Gasteiger charge is 1.94. The summed E-state index contributed by atoms with van der Waals surface area (Å²) in [4.78, 5) is 10.8. The van der Waals surface area contributed by atoms with Crippen LogP contribution >= 0.6 is 0 Å². The lowest BCUT2D eigenvalue weighted by atomic mass is 10.1. The van der Waals surface area contributed by atoms with Crippen molar-refractivity contribution >= 4 is 5.91 Å². The number of nitrogens with one attached hydrogen (secondary N) is 1. The van der Waals surface area contributed by atoms with Gasteiger partial charge in [-0.15, -0.1) is 0 Å². The molecule has 0 bridgehead atoms. The molecule has 0 fully saturated rings. The van der Waals surface area contributed by atoms with Gasteiger partial charge in [0.05, 0.1) is 13.1 Å². The zero-order valence-corrected chi connectivity index (χ0v) is 9.63. The smallest absolute Gasteiger partial charge is 0.234 e. The van der Waals surface area contributed by atoms with Crippen LogP contribution in [-0.2, 0) is 4.79 Å². The van der Waals surface area contributed by atoms with Crippen LogP contribution in [0.15, 0.2) is 18.2 Å². The maximum absolute atomic E-state index is 10.8. The summed E-state index contributed by atoms with van der Waals surface area (Å²) in [7, 11) is 0. The Kier molecular flexibility index (Phi) is 4.56. The molecule has 0 unspecified atom stereocenters. The van der Waals surface area contributed by atoms with Gasteiger partial charge in [0, 0.05) is 5.56 Å². The van der Waals surface area contributed by atoms with Gasteiger partial charge in [0.2, 0.25) is 5.91 Å². The molecule has 0 radical (unpaired) electrons. The quantitative estimate of drug-likeness (QED) is 0.716. The van der Waals surface area contributed by atoms with Gasteiger partial charge in [-0.1, -0.05) is 24.0 Å². The van der Waals surface area contributed by atoms with Crippen LogP contribution in [0.1, 0.15) is 16.7 Å². The fourth-order valence-electron chi connectivity index (χ4n) is 1.22. The molecule has 0 atom stereocenters. The summed E-state index contributed by atoms with van der Waals surface area (Å²) in [5.74, 6) is 5.74. The molecule has 0 aromatic heterocycles. The predicted molar refractivity (Wildman–Crippen MR) is 64.9 cm³/mol. The van der Waals surface area contributed by atoms with E-state index < -0.39 is 0 Å². The number of hydrogen-bond acceptors (Lipinski definition) is 2. The normalized spacial score (nSPS) is 9.19. The van der Waals surface area contributed by atoms with Gasteiger partial charge in [0.25, 0.3) is 0 Å². The molecule has 0 saturated carbocycles. The molecule has 0 aliphatic carbocycles. The molecule has 3 N–H and O–H groups in total. The van der Waals surface area contributed by atoms with Crippen molar-refractivity contribution < 1.29 is 4.79 Å². The van der Waals surface area contributed by atoms with Gasteiger partial charge in [-0.3, -0.25) is 4.79 Å². The Morgan fingerprint density at radius 1 is 1.44 bits per heavy atom. The zero-order valence-electron chi connectivity index (χ0n) is 9.63. The van der Waals surface area contributed by atoms with Crippen molar-refractivity contribution in [1.82, 2.24) is 5.32 Å². The Hall–Kier alpha value is -1.79. The molecule has 1 aromatic rings. The summed E-state index contributed by atoms with van der Waals surface area (Å²) in [6, 6.07) is 6.13. The first kappa shape index (κ1) is 12.3. The lowest BCUT2D eigenvalue weighted by Crippen LogP contribution is -2.30. The van der Waals surface area contributed by atoms with Gasteiger partial charge in [-0.25, -0.2) is 0 Å². The molecule has 1 rings (SSSR count). The molecule has 3 heteroatoms. The highest BCUT2D eigenvalue weighted by Crippen LogP contribution is 2.08. The Balaban J connectivity index is 2.62. The summed E-state index contributed by atoms with van der Waals surface area (Å²) >= 11 is 0. The summed E-state index contributed by atoms with van der Waals surface area (Å²) in [6.45, 7) is 4.39. The number of nitrogens with two attached hydrogens (primary N) is 1. The SMILES string of the molecule is Cc1ccc(C)c(C#CCNC(=O)CN)c1. The maximum Gasteiger partial charge on any atom is 0.234 e. The first-order valence-corrected chi connectivity index (χ1v) is 5.16. The third-order valence-corrected chi connectivity index (χ3v) is 2.18. The fourth-order valence-corrected chi connectivity index (χ4v) is 1.22. The van der Waals surface area contributed by atoms with Crippen molar-refractivity contribution in [1.29, 1.82) is 0 Å². The Bertz CT molecular complexity index is 441. The van der Waals surface area contributed by atoms with E-state index in [2.05, 4.69) is 23.2 Å². The van der Waals surface area contributed by atoms with Crippen molar-refractivity contribution in [3.8, 4) is 11.8 Å². The van der Waals surface area contributed by atoms with E-state index in [1.807, 2.05) is 26.0 Å². The Morgan fingerprint density at radius 2 is 2.19 bits per heavy atom. The standard InChI is InChI=1S/C13H16N2O/c1-10-5-6-11(2)12(8-10)4-3-7-15-13(16)9-14/h5-6,8H,7,9,14H2,1-2H3,(H,15,16). The molecule has 16 heavy (non-hydrogen) atoms. The van der Waals surface area contributed by atoms with Crippen molar-refractivity contribution in [2.75, 3.05) is 13.1 Å². The molecule has 0 saturated heterocycles. The van der Waals surface area contributed by atoms with Gasteiger partial charge in [-0.05, 0) is 31.0 Å². The second kappa shape index (κ2) is 5.94. The molecule has 3 nitrogen and oxygen atoms in total. The van der Waals surface area contributed by atoms with Crippen molar-refractivity contribution in [2.45, 2.75) is 13.8 Å². The van der Waals surface area contributed by atoms with Crippen LogP contribution < -0.4 is 11.1 Å². The average molecular weight is 216 g/mol. The minimum absolute atomic E-state index is 0.00511. The van der Waals surface area contributed by atoms with E-state index in [9.17, 15) is 4.79 Å².